The molecule has 4 nitrogen and oxygen atoms in total. The van der Waals surface area contributed by atoms with E-state index in [1.165, 1.54) is 6.26 Å². The molecular weight excluding hydrogens is 262 g/mol. The molecule has 0 aromatic heterocycles. The van der Waals surface area contributed by atoms with E-state index >= 15 is 0 Å². The maximum absolute atomic E-state index is 11.7. The average molecular weight is 283 g/mol. The van der Waals surface area contributed by atoms with E-state index in [9.17, 15) is 13.5 Å². The molecule has 0 radical (unpaired) electrons. The molecule has 0 spiro atoms. The fourth-order valence-corrected chi connectivity index (χ4v) is 4.23. The van der Waals surface area contributed by atoms with Crippen molar-refractivity contribution < 1.29 is 13.5 Å². The largest absolute Gasteiger partial charge is 0.394 e. The molecule has 3 atom stereocenters. The molecule has 1 saturated carbocycles. The van der Waals surface area contributed by atoms with Crippen LogP contribution in [0, 0.1) is 0 Å². The van der Waals surface area contributed by atoms with E-state index < -0.39 is 9.84 Å². The zero-order valence-electron chi connectivity index (χ0n) is 11.1. The Morgan fingerprint density at radius 1 is 1.32 bits per heavy atom. The first-order chi connectivity index (χ1) is 9.02. The van der Waals surface area contributed by atoms with Crippen molar-refractivity contribution >= 4 is 9.84 Å². The van der Waals surface area contributed by atoms with Gasteiger partial charge in [0, 0.05) is 12.3 Å². The number of hydrogen-bond donors (Lipinski definition) is 2. The van der Waals surface area contributed by atoms with Gasteiger partial charge < -0.3 is 10.4 Å². The molecule has 106 valence electrons. The lowest BCUT2D eigenvalue weighted by atomic mass is 10.1. The SMILES string of the molecule is CS(=O)(=O)C1CCCC1N[C@@H](CO)c1ccccc1. The van der Waals surface area contributed by atoms with Gasteiger partial charge in [0.1, 0.15) is 0 Å². The predicted octanol–water partition coefficient (Wildman–Crippen LogP) is 1.28. The number of hydrogen-bond acceptors (Lipinski definition) is 4. The number of aliphatic hydroxyl groups is 1. The summed E-state index contributed by atoms with van der Waals surface area (Å²) in [4.78, 5) is 0. The monoisotopic (exact) mass is 283 g/mol. The third-order valence-corrected chi connectivity index (χ3v) is 5.47. The number of sulfone groups is 1. The summed E-state index contributed by atoms with van der Waals surface area (Å²) in [5.41, 5.74) is 0.990. The summed E-state index contributed by atoms with van der Waals surface area (Å²) in [5.74, 6) is 0. The minimum Gasteiger partial charge on any atom is -0.394 e. The molecule has 2 N–H and O–H groups in total. The third kappa shape index (κ3) is 3.55. The molecule has 0 aliphatic heterocycles. The third-order valence-electron chi connectivity index (χ3n) is 3.80. The Hall–Kier alpha value is -0.910. The molecule has 1 aromatic rings. The molecular formula is C14H21NO3S. The first-order valence-corrected chi connectivity index (χ1v) is 8.58. The summed E-state index contributed by atoms with van der Waals surface area (Å²) in [5, 5.41) is 12.5. The van der Waals surface area contributed by atoms with E-state index in [1.54, 1.807) is 0 Å². The van der Waals surface area contributed by atoms with Crippen LogP contribution >= 0.6 is 0 Å². The lowest BCUT2D eigenvalue weighted by molar-refractivity contribution is 0.233. The summed E-state index contributed by atoms with van der Waals surface area (Å²) in [6.07, 6.45) is 3.78. The fourth-order valence-electron chi connectivity index (χ4n) is 2.83. The van der Waals surface area contributed by atoms with Crippen molar-refractivity contribution in [3.8, 4) is 0 Å². The second kappa shape index (κ2) is 6.03. The highest BCUT2D eigenvalue weighted by molar-refractivity contribution is 7.91. The van der Waals surface area contributed by atoms with E-state index in [1.807, 2.05) is 30.3 Å². The van der Waals surface area contributed by atoms with Crippen LogP contribution < -0.4 is 5.32 Å². The first kappa shape index (κ1) is 14.5. The lowest BCUT2D eigenvalue weighted by Crippen LogP contribution is -2.42. The average Bonchev–Trinajstić information content (AvgIpc) is 2.85. The molecule has 0 bridgehead atoms. The summed E-state index contributed by atoms with van der Waals surface area (Å²) >= 11 is 0. The van der Waals surface area contributed by atoms with Crippen molar-refractivity contribution in [3.63, 3.8) is 0 Å². The Morgan fingerprint density at radius 2 is 2.00 bits per heavy atom. The maximum atomic E-state index is 11.7. The first-order valence-electron chi connectivity index (χ1n) is 6.63. The van der Waals surface area contributed by atoms with Gasteiger partial charge in [0.05, 0.1) is 17.9 Å². The zero-order valence-corrected chi connectivity index (χ0v) is 11.9. The summed E-state index contributed by atoms with van der Waals surface area (Å²) in [7, 11) is -3.03. The topological polar surface area (TPSA) is 66.4 Å². The number of nitrogens with one attached hydrogen (secondary N) is 1. The normalized spacial score (nSPS) is 25.4. The lowest BCUT2D eigenvalue weighted by Gasteiger charge is -2.25. The molecule has 1 aliphatic rings. The van der Waals surface area contributed by atoms with Crippen LogP contribution in [-0.2, 0) is 9.84 Å². The molecule has 5 heteroatoms. The maximum Gasteiger partial charge on any atom is 0.151 e. The van der Waals surface area contributed by atoms with E-state index in [0.717, 1.165) is 18.4 Å². The van der Waals surface area contributed by atoms with Gasteiger partial charge in [-0.15, -0.1) is 0 Å². The Labute approximate surface area is 114 Å². The Bertz CT molecular complexity index is 501. The van der Waals surface area contributed by atoms with Crippen LogP contribution in [0.15, 0.2) is 30.3 Å². The van der Waals surface area contributed by atoms with Gasteiger partial charge in [0.2, 0.25) is 0 Å². The van der Waals surface area contributed by atoms with Gasteiger partial charge in [-0.1, -0.05) is 36.8 Å². The molecule has 19 heavy (non-hydrogen) atoms. The van der Waals surface area contributed by atoms with E-state index in [2.05, 4.69) is 5.32 Å². The summed E-state index contributed by atoms with van der Waals surface area (Å²) < 4.78 is 23.5. The highest BCUT2D eigenvalue weighted by Gasteiger charge is 2.35. The van der Waals surface area contributed by atoms with Crippen molar-refractivity contribution in [1.82, 2.24) is 5.32 Å². The minimum absolute atomic E-state index is 0.0308. The number of aliphatic hydroxyl groups excluding tert-OH is 1. The van der Waals surface area contributed by atoms with Crippen LogP contribution in [-0.4, -0.2) is 37.7 Å². The number of benzene rings is 1. The van der Waals surface area contributed by atoms with Gasteiger partial charge in [0.15, 0.2) is 9.84 Å². The smallest absolute Gasteiger partial charge is 0.151 e. The van der Waals surface area contributed by atoms with Gasteiger partial charge in [0.25, 0.3) is 0 Å². The van der Waals surface area contributed by atoms with Crippen molar-refractivity contribution in [2.24, 2.45) is 0 Å². The molecule has 1 fully saturated rings. The second-order valence-corrected chi connectivity index (χ2v) is 7.48. The van der Waals surface area contributed by atoms with E-state index in [-0.39, 0.29) is 23.9 Å². The van der Waals surface area contributed by atoms with Gasteiger partial charge in [-0.05, 0) is 18.4 Å². The van der Waals surface area contributed by atoms with Crippen molar-refractivity contribution in [2.45, 2.75) is 36.6 Å². The predicted molar refractivity (Wildman–Crippen MR) is 75.7 cm³/mol. The van der Waals surface area contributed by atoms with Crippen LogP contribution in [0.5, 0.6) is 0 Å². The highest BCUT2D eigenvalue weighted by atomic mass is 32.2. The van der Waals surface area contributed by atoms with E-state index in [4.69, 9.17) is 0 Å². The standard InChI is InChI=1S/C14H21NO3S/c1-19(17,18)14-9-5-8-12(14)15-13(10-16)11-6-3-2-4-7-11/h2-4,6-7,12-16H,5,8-10H2,1H3/t12?,13-,14?/m0/s1. The zero-order chi connectivity index (χ0) is 13.9. The Kier molecular flexibility index (Phi) is 4.60. The van der Waals surface area contributed by atoms with Gasteiger partial charge in [-0.25, -0.2) is 8.42 Å². The van der Waals surface area contributed by atoms with Crippen molar-refractivity contribution in [3.05, 3.63) is 35.9 Å². The van der Waals surface area contributed by atoms with Gasteiger partial charge >= 0.3 is 0 Å². The minimum atomic E-state index is -3.03. The molecule has 2 rings (SSSR count). The Morgan fingerprint density at radius 3 is 2.58 bits per heavy atom. The molecule has 1 aromatic carbocycles. The van der Waals surface area contributed by atoms with Gasteiger partial charge in [-0.3, -0.25) is 0 Å². The van der Waals surface area contributed by atoms with Crippen LogP contribution in [0.2, 0.25) is 0 Å². The molecule has 0 amide bonds. The van der Waals surface area contributed by atoms with E-state index in [0.29, 0.717) is 6.42 Å². The van der Waals surface area contributed by atoms with Crippen molar-refractivity contribution in [2.75, 3.05) is 12.9 Å². The molecule has 0 heterocycles. The van der Waals surface area contributed by atoms with Crippen LogP contribution in [0.3, 0.4) is 0 Å². The highest BCUT2D eigenvalue weighted by Crippen LogP contribution is 2.27. The van der Waals surface area contributed by atoms with Gasteiger partial charge in [-0.2, -0.15) is 0 Å². The quantitative estimate of drug-likeness (QED) is 0.854. The summed E-state index contributed by atoms with van der Waals surface area (Å²) in [6, 6.07) is 9.38. The summed E-state index contributed by atoms with van der Waals surface area (Å²) in [6.45, 7) is -0.0308. The molecule has 2 unspecified atom stereocenters. The molecule has 0 saturated heterocycles. The van der Waals surface area contributed by atoms with Crippen molar-refractivity contribution in [1.29, 1.82) is 0 Å². The number of rotatable bonds is 5. The van der Waals surface area contributed by atoms with Crippen LogP contribution in [0.25, 0.3) is 0 Å². The molecule has 1 aliphatic carbocycles. The van der Waals surface area contributed by atoms with Crippen LogP contribution in [0.1, 0.15) is 30.9 Å². The van der Waals surface area contributed by atoms with Crippen LogP contribution in [0.4, 0.5) is 0 Å². The fraction of sp³-hybridized carbons (Fsp3) is 0.571. The Balaban J connectivity index is 2.11. The second-order valence-electron chi connectivity index (χ2n) is 5.22.